The topological polar surface area (TPSA) is 136 Å². The lowest BCUT2D eigenvalue weighted by Crippen LogP contribution is -2.51. The molecular weight excluding hydrogens is 528 g/mol. The summed E-state index contributed by atoms with van der Waals surface area (Å²) in [6.07, 6.45) is -1.44. The van der Waals surface area contributed by atoms with Crippen molar-refractivity contribution < 1.29 is 33.3 Å². The summed E-state index contributed by atoms with van der Waals surface area (Å²) in [5.41, 5.74) is 1.36. The quantitative estimate of drug-likeness (QED) is 0.225. The number of carbonyl (C=O) groups is 2. The Morgan fingerprint density at radius 3 is 2.24 bits per heavy atom. The van der Waals surface area contributed by atoms with Crippen LogP contribution >= 0.6 is 0 Å². The summed E-state index contributed by atoms with van der Waals surface area (Å²) in [5.74, 6) is -1.10. The minimum Gasteiger partial charge on any atom is -0.493 e. The Balaban J connectivity index is 1.62. The summed E-state index contributed by atoms with van der Waals surface area (Å²) in [6, 6.07) is 20.3. The molecule has 2 atom stereocenters. The fourth-order valence-electron chi connectivity index (χ4n) is 4.32. The third-order valence-corrected chi connectivity index (χ3v) is 6.52. The van der Waals surface area contributed by atoms with Crippen molar-refractivity contribution in [2.75, 3.05) is 21.0 Å². The van der Waals surface area contributed by atoms with Crippen LogP contribution in [0.3, 0.4) is 0 Å². The van der Waals surface area contributed by atoms with Gasteiger partial charge in [0.05, 0.1) is 18.5 Å². The molecule has 10 nitrogen and oxygen atoms in total. The van der Waals surface area contributed by atoms with E-state index in [0.717, 1.165) is 11.1 Å². The van der Waals surface area contributed by atoms with Crippen LogP contribution in [0.2, 0.25) is 0 Å². The zero-order valence-electron chi connectivity index (χ0n) is 23.0. The Bertz CT molecular complexity index is 1550. The van der Waals surface area contributed by atoms with Crippen LogP contribution in [0.1, 0.15) is 27.2 Å². The van der Waals surface area contributed by atoms with E-state index >= 15 is 0 Å². The van der Waals surface area contributed by atoms with Gasteiger partial charge < -0.3 is 34.4 Å². The summed E-state index contributed by atoms with van der Waals surface area (Å²) in [4.78, 5) is 39.6. The molecule has 3 N–H and O–H groups in total. The third-order valence-electron chi connectivity index (χ3n) is 6.52. The van der Waals surface area contributed by atoms with Gasteiger partial charge in [-0.3, -0.25) is 14.4 Å². The van der Waals surface area contributed by atoms with Crippen LogP contribution in [0.15, 0.2) is 82.0 Å². The molecular formula is C31H32N2O8. The largest absolute Gasteiger partial charge is 0.493 e. The van der Waals surface area contributed by atoms with E-state index in [2.05, 4.69) is 10.6 Å². The van der Waals surface area contributed by atoms with E-state index < -0.39 is 29.4 Å². The Labute approximate surface area is 236 Å². The summed E-state index contributed by atoms with van der Waals surface area (Å²) in [7, 11) is 2.89. The number of aliphatic hydroxyl groups is 1. The summed E-state index contributed by atoms with van der Waals surface area (Å²) >= 11 is 0. The van der Waals surface area contributed by atoms with Crippen LogP contribution in [-0.4, -0.2) is 50.1 Å². The number of benzene rings is 3. The predicted molar refractivity (Wildman–Crippen MR) is 152 cm³/mol. The van der Waals surface area contributed by atoms with Gasteiger partial charge in [0, 0.05) is 25.3 Å². The number of hydrogen-bond acceptors (Lipinski definition) is 8. The highest BCUT2D eigenvalue weighted by Gasteiger charge is 2.30. The number of aliphatic hydroxyl groups excluding tert-OH is 1. The smallest absolute Gasteiger partial charge is 0.287 e. The molecule has 0 aliphatic rings. The monoisotopic (exact) mass is 560 g/mol. The van der Waals surface area contributed by atoms with E-state index in [1.54, 1.807) is 0 Å². The Morgan fingerprint density at radius 2 is 1.61 bits per heavy atom. The zero-order valence-corrected chi connectivity index (χ0v) is 23.0. The maximum Gasteiger partial charge on any atom is 0.287 e. The first-order valence-corrected chi connectivity index (χ1v) is 12.9. The van der Waals surface area contributed by atoms with Gasteiger partial charge in [0.2, 0.25) is 0 Å². The van der Waals surface area contributed by atoms with Gasteiger partial charge >= 0.3 is 0 Å². The van der Waals surface area contributed by atoms with Crippen molar-refractivity contribution in [2.45, 2.75) is 32.0 Å². The first-order valence-electron chi connectivity index (χ1n) is 12.9. The highest BCUT2D eigenvalue weighted by molar-refractivity contribution is 5.96. The second-order valence-corrected chi connectivity index (χ2v) is 9.35. The van der Waals surface area contributed by atoms with Crippen molar-refractivity contribution in [3.63, 3.8) is 0 Å². The predicted octanol–water partition coefficient (Wildman–Crippen LogP) is 3.11. The van der Waals surface area contributed by atoms with Gasteiger partial charge in [-0.25, -0.2) is 0 Å². The number of rotatable bonds is 12. The highest BCUT2D eigenvalue weighted by Crippen LogP contribution is 2.32. The van der Waals surface area contributed by atoms with E-state index in [-0.39, 0.29) is 53.6 Å². The molecule has 1 heterocycles. The molecule has 0 aliphatic heterocycles. The minimum atomic E-state index is -1.59. The number of methoxy groups -OCH3 is 2. The van der Waals surface area contributed by atoms with E-state index in [1.807, 2.05) is 60.7 Å². The van der Waals surface area contributed by atoms with Gasteiger partial charge in [0.25, 0.3) is 11.8 Å². The lowest BCUT2D eigenvalue weighted by molar-refractivity contribution is -0.130. The second-order valence-electron chi connectivity index (χ2n) is 9.35. The lowest BCUT2D eigenvalue weighted by atomic mass is 10.00. The average Bonchev–Trinajstić information content (AvgIpc) is 3.00. The molecule has 0 aliphatic carbocycles. The molecule has 0 saturated carbocycles. The van der Waals surface area contributed by atoms with Crippen LogP contribution in [0.5, 0.6) is 11.5 Å². The van der Waals surface area contributed by atoms with Gasteiger partial charge in [-0.2, -0.15) is 0 Å². The molecule has 0 bridgehead atoms. The Hall–Kier alpha value is -4.67. The molecule has 0 spiro atoms. The van der Waals surface area contributed by atoms with Crippen molar-refractivity contribution in [3.05, 3.63) is 105 Å². The van der Waals surface area contributed by atoms with E-state index in [4.69, 9.17) is 18.6 Å². The highest BCUT2D eigenvalue weighted by atomic mass is 16.7. The van der Waals surface area contributed by atoms with Crippen molar-refractivity contribution >= 4 is 22.8 Å². The number of hydrogen-bond donors (Lipinski definition) is 3. The second kappa shape index (κ2) is 13.6. The SMILES string of the molecule is COCOc1cc2c(=O)c(C)c(C(=O)N[C@@H](Cc3ccccc3)C(O)C(=O)NCc3ccccc3)oc2cc1OC. The summed E-state index contributed by atoms with van der Waals surface area (Å²) in [6.45, 7) is 1.62. The summed E-state index contributed by atoms with van der Waals surface area (Å²) in [5, 5.41) is 16.6. The normalized spacial score (nSPS) is 12.4. The van der Waals surface area contributed by atoms with Crippen molar-refractivity contribution in [1.29, 1.82) is 0 Å². The first-order chi connectivity index (χ1) is 19.8. The van der Waals surface area contributed by atoms with Crippen LogP contribution in [0.4, 0.5) is 0 Å². The van der Waals surface area contributed by atoms with Crippen molar-refractivity contribution in [3.8, 4) is 11.5 Å². The van der Waals surface area contributed by atoms with Gasteiger partial charge in [-0.15, -0.1) is 0 Å². The molecule has 1 aromatic heterocycles. The Kier molecular flexibility index (Phi) is 9.73. The maximum atomic E-state index is 13.5. The lowest BCUT2D eigenvalue weighted by Gasteiger charge is -2.24. The molecule has 41 heavy (non-hydrogen) atoms. The van der Waals surface area contributed by atoms with Crippen molar-refractivity contribution in [2.24, 2.45) is 0 Å². The maximum absolute atomic E-state index is 13.5. The standard InChI is InChI=1S/C31H32N2O8/c1-19-27(34)22-15-26(40-18-38-2)25(39-3)16-24(22)41-29(19)31(37)33-23(14-20-10-6-4-7-11-20)28(35)30(36)32-17-21-12-8-5-9-13-21/h4-13,15-16,23,28,35H,14,17-18H2,1-3H3,(H,32,36)(H,33,37)/t23-,28?/m0/s1. The minimum absolute atomic E-state index is 0.0549. The molecule has 4 aromatic rings. The van der Waals surface area contributed by atoms with Gasteiger partial charge in [-0.05, 0) is 30.5 Å². The number of fused-ring (bicyclic) bond motifs is 1. The van der Waals surface area contributed by atoms with Crippen LogP contribution in [-0.2, 0) is 22.5 Å². The van der Waals surface area contributed by atoms with E-state index in [9.17, 15) is 19.5 Å². The number of ether oxygens (including phenoxy) is 3. The zero-order chi connectivity index (χ0) is 29.4. The summed E-state index contributed by atoms with van der Waals surface area (Å²) < 4.78 is 21.6. The van der Waals surface area contributed by atoms with Gasteiger partial charge in [0.1, 0.15) is 5.58 Å². The van der Waals surface area contributed by atoms with E-state index in [0.29, 0.717) is 0 Å². The van der Waals surface area contributed by atoms with Crippen molar-refractivity contribution in [1.82, 2.24) is 10.6 Å². The third kappa shape index (κ3) is 7.10. The first kappa shape index (κ1) is 29.3. The molecule has 10 heteroatoms. The molecule has 1 unspecified atom stereocenters. The van der Waals surface area contributed by atoms with E-state index in [1.165, 1.54) is 33.3 Å². The fourth-order valence-corrected chi connectivity index (χ4v) is 4.32. The number of carbonyl (C=O) groups excluding carboxylic acids is 2. The molecule has 4 rings (SSSR count). The molecule has 3 aromatic carbocycles. The van der Waals surface area contributed by atoms with Gasteiger partial charge in [0.15, 0.2) is 35.6 Å². The fraction of sp³-hybridized carbons (Fsp3) is 0.258. The van der Waals surface area contributed by atoms with Crippen LogP contribution in [0, 0.1) is 6.92 Å². The molecule has 0 fully saturated rings. The number of amides is 2. The molecule has 2 amide bonds. The van der Waals surface area contributed by atoms with Crippen LogP contribution in [0.25, 0.3) is 11.0 Å². The van der Waals surface area contributed by atoms with Gasteiger partial charge in [-0.1, -0.05) is 60.7 Å². The van der Waals surface area contributed by atoms with Crippen LogP contribution < -0.4 is 25.5 Å². The number of nitrogens with one attached hydrogen (secondary N) is 2. The Morgan fingerprint density at radius 1 is 0.951 bits per heavy atom. The molecule has 0 saturated heterocycles. The average molecular weight is 561 g/mol. The molecule has 0 radical (unpaired) electrons. The molecule has 214 valence electrons.